The van der Waals surface area contributed by atoms with Gasteiger partial charge in [0.2, 0.25) is 0 Å². The van der Waals surface area contributed by atoms with Gasteiger partial charge < -0.3 is 20.1 Å². The average Bonchev–Trinajstić information content (AvgIpc) is 2.56. The van der Waals surface area contributed by atoms with Crippen LogP contribution in [0.25, 0.3) is 0 Å². The quantitative estimate of drug-likeness (QED) is 0.851. The SMILES string of the molecule is COc1ccc(OC)c(NC(=O)C(=O)Nc2ccccc2C)c1. The van der Waals surface area contributed by atoms with Crippen LogP contribution in [0.15, 0.2) is 42.5 Å². The molecule has 6 heteroatoms. The normalized spacial score (nSPS) is 9.87. The topological polar surface area (TPSA) is 76.7 Å². The molecule has 2 aromatic rings. The van der Waals surface area contributed by atoms with E-state index >= 15 is 0 Å². The molecular weight excluding hydrogens is 296 g/mol. The van der Waals surface area contributed by atoms with E-state index in [2.05, 4.69) is 10.6 Å². The largest absolute Gasteiger partial charge is 0.497 e. The van der Waals surface area contributed by atoms with Gasteiger partial charge in [-0.05, 0) is 30.7 Å². The van der Waals surface area contributed by atoms with Crippen LogP contribution in [0.1, 0.15) is 5.56 Å². The summed E-state index contributed by atoms with van der Waals surface area (Å²) in [5.74, 6) is -0.577. The molecule has 2 aromatic carbocycles. The Hall–Kier alpha value is -3.02. The molecule has 0 heterocycles. The highest BCUT2D eigenvalue weighted by molar-refractivity contribution is 6.43. The smallest absolute Gasteiger partial charge is 0.314 e. The fraction of sp³-hybridized carbons (Fsp3) is 0.176. The number of amides is 2. The third-order valence-electron chi connectivity index (χ3n) is 3.25. The highest BCUT2D eigenvalue weighted by Crippen LogP contribution is 2.28. The number of benzene rings is 2. The second-order valence-electron chi connectivity index (χ2n) is 4.79. The molecule has 0 fully saturated rings. The van der Waals surface area contributed by atoms with E-state index in [-0.39, 0.29) is 0 Å². The number of hydrogen-bond donors (Lipinski definition) is 2. The highest BCUT2D eigenvalue weighted by Gasteiger charge is 2.17. The third kappa shape index (κ3) is 4.00. The Morgan fingerprint density at radius 1 is 0.870 bits per heavy atom. The Bertz CT molecular complexity index is 728. The van der Waals surface area contributed by atoms with Gasteiger partial charge in [0.25, 0.3) is 0 Å². The maximum absolute atomic E-state index is 12.1. The van der Waals surface area contributed by atoms with Crippen LogP contribution in [0.2, 0.25) is 0 Å². The van der Waals surface area contributed by atoms with E-state index in [4.69, 9.17) is 9.47 Å². The van der Waals surface area contributed by atoms with Gasteiger partial charge in [-0.3, -0.25) is 9.59 Å². The van der Waals surface area contributed by atoms with Crippen molar-refractivity contribution < 1.29 is 19.1 Å². The molecule has 0 aromatic heterocycles. The fourth-order valence-corrected chi connectivity index (χ4v) is 1.98. The van der Waals surface area contributed by atoms with Crippen LogP contribution >= 0.6 is 0 Å². The molecule has 0 bridgehead atoms. The average molecular weight is 314 g/mol. The maximum atomic E-state index is 12.1. The minimum absolute atomic E-state index is 0.358. The van der Waals surface area contributed by atoms with Gasteiger partial charge >= 0.3 is 11.8 Å². The third-order valence-corrected chi connectivity index (χ3v) is 3.25. The minimum Gasteiger partial charge on any atom is -0.497 e. The van der Waals surface area contributed by atoms with Crippen LogP contribution in [-0.2, 0) is 9.59 Å². The summed E-state index contributed by atoms with van der Waals surface area (Å²) in [5, 5.41) is 5.09. The monoisotopic (exact) mass is 314 g/mol. The number of aryl methyl sites for hydroxylation is 1. The zero-order chi connectivity index (χ0) is 16.8. The standard InChI is InChI=1S/C17H18N2O4/c1-11-6-4-5-7-13(11)18-16(20)17(21)19-14-10-12(22-2)8-9-15(14)23-3/h4-10H,1-3H3,(H,18,20)(H,19,21). The second-order valence-corrected chi connectivity index (χ2v) is 4.79. The lowest BCUT2D eigenvalue weighted by Gasteiger charge is -2.12. The van der Waals surface area contributed by atoms with Crippen molar-refractivity contribution in [3.63, 3.8) is 0 Å². The number of hydrogen-bond acceptors (Lipinski definition) is 4. The molecule has 0 radical (unpaired) electrons. The molecule has 2 amide bonds. The summed E-state index contributed by atoms with van der Waals surface area (Å²) >= 11 is 0. The summed E-state index contributed by atoms with van der Waals surface area (Å²) in [5.41, 5.74) is 1.81. The molecule has 120 valence electrons. The lowest BCUT2D eigenvalue weighted by atomic mass is 10.2. The van der Waals surface area contributed by atoms with Crippen LogP contribution in [0.4, 0.5) is 11.4 Å². The zero-order valence-corrected chi connectivity index (χ0v) is 13.2. The lowest BCUT2D eigenvalue weighted by Crippen LogP contribution is -2.29. The van der Waals surface area contributed by atoms with Crippen LogP contribution in [-0.4, -0.2) is 26.0 Å². The number of anilines is 2. The van der Waals surface area contributed by atoms with Crippen molar-refractivity contribution in [1.29, 1.82) is 0 Å². The summed E-state index contributed by atoms with van der Waals surface area (Å²) in [7, 11) is 2.99. The number of ether oxygens (including phenoxy) is 2. The predicted molar refractivity (Wildman–Crippen MR) is 88.0 cm³/mol. The predicted octanol–water partition coefficient (Wildman–Crippen LogP) is 2.59. The van der Waals surface area contributed by atoms with Crippen molar-refractivity contribution in [1.82, 2.24) is 0 Å². The molecule has 0 spiro atoms. The Labute approximate surface area is 134 Å². The fourth-order valence-electron chi connectivity index (χ4n) is 1.98. The number of para-hydroxylation sites is 1. The Balaban J connectivity index is 2.12. The Morgan fingerprint density at radius 2 is 1.52 bits per heavy atom. The van der Waals surface area contributed by atoms with Crippen LogP contribution in [0.5, 0.6) is 11.5 Å². The summed E-state index contributed by atoms with van der Waals surface area (Å²) in [6.07, 6.45) is 0. The maximum Gasteiger partial charge on any atom is 0.314 e. The Kier molecular flexibility index (Phi) is 5.19. The lowest BCUT2D eigenvalue weighted by molar-refractivity contribution is -0.133. The van der Waals surface area contributed by atoms with Crippen LogP contribution in [0, 0.1) is 6.92 Å². The van der Waals surface area contributed by atoms with Gasteiger partial charge in [0.05, 0.1) is 19.9 Å². The summed E-state index contributed by atoms with van der Waals surface area (Å²) in [6.45, 7) is 1.85. The molecule has 2 N–H and O–H groups in total. The number of carbonyl (C=O) groups excluding carboxylic acids is 2. The molecule has 0 aliphatic carbocycles. The second kappa shape index (κ2) is 7.31. The molecule has 0 aliphatic heterocycles. The molecule has 23 heavy (non-hydrogen) atoms. The number of rotatable bonds is 4. The minimum atomic E-state index is -0.792. The molecule has 2 rings (SSSR count). The van der Waals surface area contributed by atoms with Gasteiger partial charge in [-0.2, -0.15) is 0 Å². The molecule has 0 unspecified atom stereocenters. The molecular formula is C17H18N2O4. The van der Waals surface area contributed by atoms with E-state index in [0.29, 0.717) is 22.9 Å². The summed E-state index contributed by atoms with van der Waals surface area (Å²) < 4.78 is 10.3. The van der Waals surface area contributed by atoms with E-state index in [1.807, 2.05) is 19.1 Å². The van der Waals surface area contributed by atoms with Crippen molar-refractivity contribution in [2.45, 2.75) is 6.92 Å². The molecule has 0 saturated carbocycles. The van der Waals surface area contributed by atoms with Crippen molar-refractivity contribution in [3.8, 4) is 11.5 Å². The van der Waals surface area contributed by atoms with Crippen molar-refractivity contribution in [3.05, 3.63) is 48.0 Å². The van der Waals surface area contributed by atoms with E-state index < -0.39 is 11.8 Å². The van der Waals surface area contributed by atoms with Gasteiger partial charge in [0.1, 0.15) is 11.5 Å². The molecule has 0 aliphatic rings. The van der Waals surface area contributed by atoms with Gasteiger partial charge in [-0.1, -0.05) is 18.2 Å². The van der Waals surface area contributed by atoms with E-state index in [0.717, 1.165) is 5.56 Å². The number of carbonyl (C=O) groups is 2. The first-order valence-electron chi connectivity index (χ1n) is 6.95. The Morgan fingerprint density at radius 3 is 2.13 bits per heavy atom. The highest BCUT2D eigenvalue weighted by atomic mass is 16.5. The van der Waals surface area contributed by atoms with E-state index in [1.165, 1.54) is 14.2 Å². The van der Waals surface area contributed by atoms with Gasteiger partial charge in [-0.25, -0.2) is 0 Å². The van der Waals surface area contributed by atoms with Gasteiger partial charge in [0, 0.05) is 11.8 Å². The molecule has 6 nitrogen and oxygen atoms in total. The summed E-state index contributed by atoms with van der Waals surface area (Å²) in [6, 6.07) is 12.1. The van der Waals surface area contributed by atoms with Gasteiger partial charge in [-0.15, -0.1) is 0 Å². The first-order chi connectivity index (χ1) is 11.0. The zero-order valence-electron chi connectivity index (χ0n) is 13.2. The number of methoxy groups -OCH3 is 2. The van der Waals surface area contributed by atoms with Crippen LogP contribution in [0.3, 0.4) is 0 Å². The molecule has 0 saturated heterocycles. The van der Waals surface area contributed by atoms with E-state index in [9.17, 15) is 9.59 Å². The van der Waals surface area contributed by atoms with Gasteiger partial charge in [0.15, 0.2) is 0 Å². The van der Waals surface area contributed by atoms with Crippen molar-refractivity contribution in [2.75, 3.05) is 24.9 Å². The van der Waals surface area contributed by atoms with Crippen molar-refractivity contribution in [2.24, 2.45) is 0 Å². The summed E-state index contributed by atoms with van der Waals surface area (Å²) in [4.78, 5) is 24.1. The molecule has 0 atom stereocenters. The first-order valence-corrected chi connectivity index (χ1v) is 6.95. The first kappa shape index (κ1) is 16.4. The number of nitrogens with one attached hydrogen (secondary N) is 2. The van der Waals surface area contributed by atoms with Crippen molar-refractivity contribution >= 4 is 23.2 Å². The van der Waals surface area contributed by atoms with Crippen LogP contribution < -0.4 is 20.1 Å². The van der Waals surface area contributed by atoms with E-state index in [1.54, 1.807) is 30.3 Å².